The molecule has 5 aromatic rings. The zero-order chi connectivity index (χ0) is 24.0. The Labute approximate surface area is 208 Å². The van der Waals surface area contributed by atoms with Crippen molar-refractivity contribution in [2.45, 2.75) is 25.3 Å². The molecule has 0 saturated carbocycles. The second kappa shape index (κ2) is 10.7. The van der Waals surface area contributed by atoms with Gasteiger partial charge in [-0.15, -0.1) is 0 Å². The quantitative estimate of drug-likeness (QED) is 0.273. The highest BCUT2D eigenvalue weighted by Gasteiger charge is 2.23. The Morgan fingerprint density at radius 3 is 2.63 bits per heavy atom. The van der Waals surface area contributed by atoms with Crippen LogP contribution in [-0.4, -0.2) is 22.0 Å². The summed E-state index contributed by atoms with van der Waals surface area (Å²) >= 11 is 1.64. The van der Waals surface area contributed by atoms with Crippen LogP contribution in [0.2, 0.25) is 0 Å². The number of aromatic nitrogens is 2. The lowest BCUT2D eigenvalue weighted by Gasteiger charge is -2.16. The van der Waals surface area contributed by atoms with E-state index < -0.39 is 0 Å². The van der Waals surface area contributed by atoms with Crippen molar-refractivity contribution in [3.8, 4) is 0 Å². The molecule has 0 spiro atoms. The SMILES string of the molecule is O=C(CC(c1ccsc1)c1cn(Cc2ccc(F)cc2)c2ccccc12)NCCc1ccccn1. The molecule has 0 aliphatic rings. The third-order valence-electron chi connectivity index (χ3n) is 6.23. The van der Waals surface area contributed by atoms with Crippen LogP contribution >= 0.6 is 11.3 Å². The Balaban J connectivity index is 1.40. The number of para-hydroxylation sites is 1. The molecule has 1 N–H and O–H groups in total. The first kappa shape index (κ1) is 23.0. The molecule has 35 heavy (non-hydrogen) atoms. The maximum Gasteiger partial charge on any atom is 0.220 e. The zero-order valence-electron chi connectivity index (χ0n) is 19.2. The highest BCUT2D eigenvalue weighted by molar-refractivity contribution is 7.08. The van der Waals surface area contributed by atoms with Crippen LogP contribution in [-0.2, 0) is 17.8 Å². The molecule has 1 atom stereocenters. The third kappa shape index (κ3) is 5.49. The molecule has 0 saturated heterocycles. The summed E-state index contributed by atoms with van der Waals surface area (Å²) in [4.78, 5) is 17.3. The first-order valence-corrected chi connectivity index (χ1v) is 12.6. The van der Waals surface area contributed by atoms with E-state index in [9.17, 15) is 9.18 Å². The summed E-state index contributed by atoms with van der Waals surface area (Å²) in [5.74, 6) is -0.277. The van der Waals surface area contributed by atoms with E-state index in [1.165, 1.54) is 12.1 Å². The van der Waals surface area contributed by atoms with Gasteiger partial charge in [-0.2, -0.15) is 11.3 Å². The second-order valence-electron chi connectivity index (χ2n) is 8.59. The number of benzene rings is 2. The molecule has 4 nitrogen and oxygen atoms in total. The summed E-state index contributed by atoms with van der Waals surface area (Å²) < 4.78 is 15.6. The minimum absolute atomic E-state index is 0.0208. The summed E-state index contributed by atoms with van der Waals surface area (Å²) in [6.45, 7) is 1.19. The molecule has 2 aromatic carbocycles. The van der Waals surface area contributed by atoms with E-state index in [1.54, 1.807) is 17.5 Å². The molecular formula is C29H26FN3OS. The van der Waals surface area contributed by atoms with E-state index >= 15 is 0 Å². The van der Waals surface area contributed by atoms with Crippen molar-refractivity contribution in [1.29, 1.82) is 0 Å². The van der Waals surface area contributed by atoms with Gasteiger partial charge in [0.05, 0.1) is 0 Å². The number of amides is 1. The molecule has 5 rings (SSSR count). The fraction of sp³-hybridized carbons (Fsp3) is 0.172. The van der Waals surface area contributed by atoms with Crippen molar-refractivity contribution >= 4 is 28.1 Å². The lowest BCUT2D eigenvalue weighted by Crippen LogP contribution is -2.27. The van der Waals surface area contributed by atoms with Crippen LogP contribution in [0.15, 0.2) is 96.0 Å². The number of halogens is 1. The Morgan fingerprint density at radius 1 is 1.03 bits per heavy atom. The molecule has 3 heterocycles. The number of carbonyl (C=O) groups is 1. The van der Waals surface area contributed by atoms with Crippen LogP contribution in [0.5, 0.6) is 0 Å². The van der Waals surface area contributed by atoms with Gasteiger partial charge < -0.3 is 9.88 Å². The second-order valence-corrected chi connectivity index (χ2v) is 9.37. The molecule has 3 aromatic heterocycles. The molecular weight excluding hydrogens is 457 g/mol. The Bertz CT molecular complexity index is 1400. The van der Waals surface area contributed by atoms with Crippen LogP contribution in [0.25, 0.3) is 10.9 Å². The van der Waals surface area contributed by atoms with Gasteiger partial charge in [0, 0.05) is 60.8 Å². The number of hydrogen-bond acceptors (Lipinski definition) is 3. The smallest absolute Gasteiger partial charge is 0.220 e. The van der Waals surface area contributed by atoms with Gasteiger partial charge in [-0.1, -0.05) is 36.4 Å². The number of pyridine rings is 1. The molecule has 1 unspecified atom stereocenters. The highest BCUT2D eigenvalue weighted by Crippen LogP contribution is 2.36. The van der Waals surface area contributed by atoms with Gasteiger partial charge >= 0.3 is 0 Å². The number of nitrogens with zero attached hydrogens (tertiary/aromatic N) is 2. The van der Waals surface area contributed by atoms with E-state index in [-0.39, 0.29) is 17.6 Å². The van der Waals surface area contributed by atoms with Gasteiger partial charge in [-0.3, -0.25) is 9.78 Å². The van der Waals surface area contributed by atoms with Crippen molar-refractivity contribution in [2.24, 2.45) is 0 Å². The molecule has 0 radical (unpaired) electrons. The van der Waals surface area contributed by atoms with E-state index in [1.807, 2.05) is 42.5 Å². The van der Waals surface area contributed by atoms with E-state index in [0.29, 0.717) is 25.9 Å². The number of rotatable bonds is 9. The van der Waals surface area contributed by atoms with Crippen LogP contribution < -0.4 is 5.32 Å². The molecule has 0 aliphatic carbocycles. The normalized spacial score (nSPS) is 12.0. The lowest BCUT2D eigenvalue weighted by molar-refractivity contribution is -0.121. The Morgan fingerprint density at radius 2 is 1.86 bits per heavy atom. The maximum atomic E-state index is 13.4. The first-order chi connectivity index (χ1) is 17.2. The third-order valence-corrected chi connectivity index (χ3v) is 6.93. The van der Waals surface area contributed by atoms with Gasteiger partial charge in [0.15, 0.2) is 0 Å². The van der Waals surface area contributed by atoms with Crippen LogP contribution in [0.1, 0.15) is 34.7 Å². The van der Waals surface area contributed by atoms with E-state index in [0.717, 1.165) is 33.3 Å². The van der Waals surface area contributed by atoms with Crippen molar-refractivity contribution in [3.63, 3.8) is 0 Å². The summed E-state index contributed by atoms with van der Waals surface area (Å²) in [6, 6.07) is 22.8. The van der Waals surface area contributed by atoms with E-state index in [4.69, 9.17) is 0 Å². The summed E-state index contributed by atoms with van der Waals surface area (Å²) in [6.07, 6.45) is 4.99. The van der Waals surface area contributed by atoms with Crippen molar-refractivity contribution < 1.29 is 9.18 Å². The predicted molar refractivity (Wildman–Crippen MR) is 139 cm³/mol. The first-order valence-electron chi connectivity index (χ1n) is 11.7. The average Bonchev–Trinajstić information content (AvgIpc) is 3.54. The Hall–Kier alpha value is -3.77. The Kier molecular flexibility index (Phi) is 7.00. The molecule has 176 valence electrons. The molecule has 0 aliphatic heterocycles. The van der Waals surface area contributed by atoms with Gasteiger partial charge in [-0.25, -0.2) is 4.39 Å². The molecule has 0 fully saturated rings. The molecule has 6 heteroatoms. The van der Waals surface area contributed by atoms with Crippen molar-refractivity contribution in [3.05, 3.63) is 124 Å². The molecule has 0 bridgehead atoms. The average molecular weight is 484 g/mol. The van der Waals surface area contributed by atoms with Crippen LogP contribution in [0.4, 0.5) is 4.39 Å². The van der Waals surface area contributed by atoms with Gasteiger partial charge in [-0.05, 0) is 63.8 Å². The standard InChI is InChI=1S/C29H26FN3OS/c30-23-10-8-21(9-11-23)18-33-19-27(25-6-1-2-7-28(25)33)26(22-13-16-35-20-22)17-29(34)32-15-12-24-5-3-4-14-31-24/h1-11,13-14,16,19-20,26H,12,15,17-18H2,(H,32,34). The van der Waals surface area contributed by atoms with Gasteiger partial charge in [0.2, 0.25) is 5.91 Å². The fourth-order valence-corrected chi connectivity index (χ4v) is 5.20. The topological polar surface area (TPSA) is 46.9 Å². The van der Waals surface area contributed by atoms with Crippen molar-refractivity contribution in [2.75, 3.05) is 6.54 Å². The number of carbonyl (C=O) groups excluding carboxylic acids is 1. The summed E-state index contributed by atoms with van der Waals surface area (Å²) in [7, 11) is 0. The number of hydrogen-bond donors (Lipinski definition) is 1. The number of thiophene rings is 1. The number of fused-ring (bicyclic) bond motifs is 1. The van der Waals surface area contributed by atoms with Crippen molar-refractivity contribution in [1.82, 2.24) is 14.9 Å². The van der Waals surface area contributed by atoms with Crippen LogP contribution in [0.3, 0.4) is 0 Å². The van der Waals surface area contributed by atoms with Gasteiger partial charge in [0.1, 0.15) is 5.82 Å². The van der Waals surface area contributed by atoms with Gasteiger partial charge in [0.25, 0.3) is 0 Å². The van der Waals surface area contributed by atoms with E-state index in [2.05, 4.69) is 50.0 Å². The monoisotopic (exact) mass is 483 g/mol. The maximum absolute atomic E-state index is 13.4. The summed E-state index contributed by atoms with van der Waals surface area (Å²) in [5.41, 5.74) is 5.35. The fourth-order valence-electron chi connectivity index (χ4n) is 4.48. The number of nitrogens with one attached hydrogen (secondary N) is 1. The largest absolute Gasteiger partial charge is 0.356 e. The lowest BCUT2D eigenvalue weighted by atomic mass is 9.89. The van der Waals surface area contributed by atoms with Crippen LogP contribution in [0, 0.1) is 5.82 Å². The summed E-state index contributed by atoms with van der Waals surface area (Å²) in [5, 5.41) is 8.38. The minimum atomic E-state index is -0.238. The zero-order valence-corrected chi connectivity index (χ0v) is 20.0. The highest BCUT2D eigenvalue weighted by atomic mass is 32.1. The minimum Gasteiger partial charge on any atom is -0.356 e. The molecule has 1 amide bonds. The predicted octanol–water partition coefficient (Wildman–Crippen LogP) is 6.17.